The molecular formula is C40H50N6O5. The van der Waals surface area contributed by atoms with E-state index in [4.69, 9.17) is 24.2 Å². The number of likely N-dealkylation sites (N-methyl/N-ethyl adjacent to an activating group) is 1. The Labute approximate surface area is 301 Å². The molecule has 3 aliphatic heterocycles. The highest BCUT2D eigenvalue weighted by molar-refractivity contribution is 5.97. The molecule has 1 saturated carbocycles. The van der Waals surface area contributed by atoms with Crippen molar-refractivity contribution in [3.63, 3.8) is 0 Å². The van der Waals surface area contributed by atoms with Crippen LogP contribution in [0.5, 0.6) is 11.5 Å². The van der Waals surface area contributed by atoms with E-state index in [0.717, 1.165) is 92.0 Å². The Morgan fingerprint density at radius 2 is 1.80 bits per heavy atom. The first-order valence-electron chi connectivity index (χ1n) is 18.2. The number of hydrogen-bond acceptors (Lipinski definition) is 9. The van der Waals surface area contributed by atoms with Crippen LogP contribution < -0.4 is 19.3 Å². The van der Waals surface area contributed by atoms with Crippen molar-refractivity contribution in [2.45, 2.75) is 70.1 Å². The topological polar surface area (TPSA) is 101 Å². The van der Waals surface area contributed by atoms with E-state index in [1.165, 1.54) is 0 Å². The van der Waals surface area contributed by atoms with Crippen LogP contribution in [0.2, 0.25) is 0 Å². The first kappa shape index (κ1) is 34.9. The molecule has 0 bridgehead atoms. The van der Waals surface area contributed by atoms with Crippen molar-refractivity contribution in [2.24, 2.45) is 5.92 Å². The van der Waals surface area contributed by atoms with Crippen molar-refractivity contribution < 1.29 is 23.8 Å². The summed E-state index contributed by atoms with van der Waals surface area (Å²) in [6.07, 6.45) is 10.2. The molecule has 2 unspecified atom stereocenters. The van der Waals surface area contributed by atoms with Gasteiger partial charge in [0.25, 0.3) is 0 Å². The predicted molar refractivity (Wildman–Crippen MR) is 197 cm³/mol. The van der Waals surface area contributed by atoms with Gasteiger partial charge in [-0.3, -0.25) is 19.4 Å². The lowest BCUT2D eigenvalue weighted by molar-refractivity contribution is -0.125. The van der Waals surface area contributed by atoms with Gasteiger partial charge in [-0.15, -0.1) is 0 Å². The summed E-state index contributed by atoms with van der Waals surface area (Å²) < 4.78 is 17.9. The van der Waals surface area contributed by atoms with Gasteiger partial charge in [0.05, 0.1) is 51.3 Å². The van der Waals surface area contributed by atoms with Crippen molar-refractivity contribution in [3.05, 3.63) is 77.6 Å². The summed E-state index contributed by atoms with van der Waals surface area (Å²) in [6.45, 7) is 9.44. The number of amides is 2. The molecule has 4 aliphatic rings. The minimum Gasteiger partial charge on any atom is -0.493 e. The number of carbonyl (C=O) groups is 2. The van der Waals surface area contributed by atoms with E-state index in [9.17, 15) is 9.59 Å². The second kappa shape index (κ2) is 15.0. The largest absolute Gasteiger partial charge is 0.493 e. The molecule has 0 spiro atoms. The lowest BCUT2D eigenvalue weighted by atomic mass is 9.85. The molecule has 11 heteroatoms. The van der Waals surface area contributed by atoms with E-state index in [1.54, 1.807) is 24.4 Å². The molecule has 0 radical (unpaired) electrons. The Balaban J connectivity index is 1.11. The molecule has 2 atom stereocenters. The summed E-state index contributed by atoms with van der Waals surface area (Å²) in [5, 5.41) is 0. The SMILES string of the molecule is C=C(C)c1ccc(C2c3cc(OCC4CCCO4)c(OC)cc3CC(=O)N2c2cnc(N(C)CC3CCC(N4CC(=O)N(C)C4)CC3)cn2)cc1. The van der Waals surface area contributed by atoms with Crippen molar-refractivity contribution in [1.29, 1.82) is 0 Å². The number of nitrogens with zero attached hydrogens (tertiary/aromatic N) is 6. The zero-order valence-corrected chi connectivity index (χ0v) is 30.3. The maximum absolute atomic E-state index is 14.1. The van der Waals surface area contributed by atoms with Crippen LogP contribution in [0.1, 0.15) is 73.7 Å². The Morgan fingerprint density at radius 3 is 2.43 bits per heavy atom. The van der Waals surface area contributed by atoms with Crippen LogP contribution in [0, 0.1) is 5.92 Å². The molecule has 1 aromatic heterocycles. The van der Waals surface area contributed by atoms with E-state index in [2.05, 4.69) is 35.6 Å². The zero-order valence-electron chi connectivity index (χ0n) is 30.3. The van der Waals surface area contributed by atoms with E-state index < -0.39 is 6.04 Å². The number of allylic oxidation sites excluding steroid dienone is 1. The third kappa shape index (κ3) is 7.46. The fourth-order valence-corrected chi connectivity index (χ4v) is 8.08. The summed E-state index contributed by atoms with van der Waals surface area (Å²) in [5.41, 5.74) is 4.83. The molecule has 51 heavy (non-hydrogen) atoms. The molecule has 2 saturated heterocycles. The number of ether oxygens (including phenoxy) is 3. The summed E-state index contributed by atoms with van der Waals surface area (Å²) in [6, 6.07) is 12.2. The molecule has 3 fully saturated rings. The number of carbonyl (C=O) groups excluding carboxylic acids is 2. The molecule has 11 nitrogen and oxygen atoms in total. The van der Waals surface area contributed by atoms with Gasteiger partial charge < -0.3 is 24.0 Å². The lowest BCUT2D eigenvalue weighted by Crippen LogP contribution is -2.41. The van der Waals surface area contributed by atoms with Crippen molar-refractivity contribution in [2.75, 3.05) is 64.0 Å². The molecular weight excluding hydrogens is 644 g/mol. The standard InChI is InChI=1S/C40H50N6O5/c1-26(2)28-10-12-29(13-11-28)40-33-19-35(51-24-32-7-6-16-50-32)34(49-5)17-30(33)18-38(47)46(40)37-21-41-36(20-42-37)43(3)22-27-8-14-31(15-9-27)45-23-39(48)44(4)25-45/h10-13,17,19-21,27,31-32,40H,1,6-9,14-16,18,22-25H2,2-5H3. The number of rotatable bonds is 11. The first-order valence-corrected chi connectivity index (χ1v) is 18.2. The van der Waals surface area contributed by atoms with Crippen LogP contribution in [0.25, 0.3) is 5.57 Å². The first-order chi connectivity index (χ1) is 24.7. The molecule has 270 valence electrons. The average molecular weight is 695 g/mol. The number of anilines is 2. The number of aromatic nitrogens is 2. The fraction of sp³-hybridized carbons (Fsp3) is 0.500. The van der Waals surface area contributed by atoms with Crippen LogP contribution in [-0.2, 0) is 20.7 Å². The monoisotopic (exact) mass is 694 g/mol. The molecule has 4 heterocycles. The lowest BCUT2D eigenvalue weighted by Gasteiger charge is -2.37. The molecule has 7 rings (SSSR count). The summed E-state index contributed by atoms with van der Waals surface area (Å²) >= 11 is 0. The third-order valence-corrected chi connectivity index (χ3v) is 11.0. The number of fused-ring (bicyclic) bond motifs is 1. The smallest absolute Gasteiger partial charge is 0.237 e. The van der Waals surface area contributed by atoms with E-state index in [0.29, 0.717) is 42.4 Å². The zero-order chi connectivity index (χ0) is 35.6. The highest BCUT2D eigenvalue weighted by Crippen LogP contribution is 2.43. The van der Waals surface area contributed by atoms with Crippen LogP contribution >= 0.6 is 0 Å². The Morgan fingerprint density at radius 1 is 1.02 bits per heavy atom. The normalized spacial score (nSPS) is 23.8. The maximum Gasteiger partial charge on any atom is 0.237 e. The quantitative estimate of drug-likeness (QED) is 0.258. The minimum absolute atomic E-state index is 0.0559. The van der Waals surface area contributed by atoms with Gasteiger partial charge in [-0.1, -0.05) is 36.4 Å². The molecule has 0 N–H and O–H groups in total. The van der Waals surface area contributed by atoms with Gasteiger partial charge in [-0.25, -0.2) is 9.97 Å². The van der Waals surface area contributed by atoms with Gasteiger partial charge in [0.1, 0.15) is 12.4 Å². The van der Waals surface area contributed by atoms with Gasteiger partial charge in [0.15, 0.2) is 17.3 Å². The summed E-state index contributed by atoms with van der Waals surface area (Å²) in [5.74, 6) is 3.19. The van der Waals surface area contributed by atoms with Gasteiger partial charge in [-0.05, 0) is 85.8 Å². The Hall–Kier alpha value is -4.48. The fourth-order valence-electron chi connectivity index (χ4n) is 8.08. The van der Waals surface area contributed by atoms with Crippen LogP contribution in [-0.4, -0.2) is 97.9 Å². The number of hydrogen-bond donors (Lipinski definition) is 0. The van der Waals surface area contributed by atoms with E-state index >= 15 is 0 Å². The minimum atomic E-state index is -0.449. The van der Waals surface area contributed by atoms with Gasteiger partial charge in [0, 0.05) is 33.3 Å². The Kier molecular flexibility index (Phi) is 10.3. The maximum atomic E-state index is 14.1. The number of benzene rings is 2. The predicted octanol–water partition coefficient (Wildman–Crippen LogP) is 5.48. The molecule has 3 aromatic rings. The van der Waals surface area contributed by atoms with Gasteiger partial charge >= 0.3 is 0 Å². The molecule has 1 aliphatic carbocycles. The van der Waals surface area contributed by atoms with E-state index in [1.807, 2.05) is 43.1 Å². The van der Waals surface area contributed by atoms with Crippen molar-refractivity contribution in [3.8, 4) is 11.5 Å². The highest BCUT2D eigenvalue weighted by Gasteiger charge is 2.38. The van der Waals surface area contributed by atoms with Gasteiger partial charge in [-0.2, -0.15) is 0 Å². The van der Waals surface area contributed by atoms with Crippen LogP contribution in [0.15, 0.2) is 55.4 Å². The van der Waals surface area contributed by atoms with E-state index in [-0.39, 0.29) is 24.3 Å². The van der Waals surface area contributed by atoms with Gasteiger partial charge in [0.2, 0.25) is 11.8 Å². The molecule has 2 aromatic carbocycles. The third-order valence-electron chi connectivity index (χ3n) is 11.0. The van der Waals surface area contributed by atoms with Crippen molar-refractivity contribution >= 4 is 29.0 Å². The number of methoxy groups -OCH3 is 1. The van der Waals surface area contributed by atoms with Crippen LogP contribution in [0.3, 0.4) is 0 Å². The second-order valence-corrected chi connectivity index (χ2v) is 14.7. The molecule has 2 amide bonds. The second-order valence-electron chi connectivity index (χ2n) is 14.7. The average Bonchev–Trinajstić information content (AvgIpc) is 3.79. The summed E-state index contributed by atoms with van der Waals surface area (Å²) in [7, 11) is 5.57. The Bertz CT molecular complexity index is 1730. The highest BCUT2D eigenvalue weighted by atomic mass is 16.5. The summed E-state index contributed by atoms with van der Waals surface area (Å²) in [4.78, 5) is 43.9. The van der Waals surface area contributed by atoms with Crippen molar-refractivity contribution in [1.82, 2.24) is 19.8 Å². The van der Waals surface area contributed by atoms with Crippen LogP contribution in [0.4, 0.5) is 11.6 Å².